The van der Waals surface area contributed by atoms with Crippen LogP contribution in [0.4, 0.5) is 0 Å². The van der Waals surface area contributed by atoms with Crippen molar-refractivity contribution in [3.63, 3.8) is 0 Å². The Hall–Kier alpha value is -0.670. The highest BCUT2D eigenvalue weighted by Crippen LogP contribution is 2.35. The topological polar surface area (TPSA) is 21.3 Å². The van der Waals surface area contributed by atoms with Crippen LogP contribution in [0.2, 0.25) is 0 Å². The van der Waals surface area contributed by atoms with Crippen LogP contribution in [-0.4, -0.2) is 24.2 Å². The Morgan fingerprint density at radius 3 is 2.63 bits per heavy atom. The lowest BCUT2D eigenvalue weighted by molar-refractivity contribution is 0.340. The summed E-state index contributed by atoms with van der Waals surface area (Å²) in [6.45, 7) is 5.96. The van der Waals surface area contributed by atoms with Crippen LogP contribution in [0.15, 0.2) is 24.3 Å². The van der Waals surface area contributed by atoms with Crippen molar-refractivity contribution in [1.82, 2.24) is 5.32 Å². The Balaban J connectivity index is 2.08. The van der Waals surface area contributed by atoms with Crippen molar-refractivity contribution in [3.8, 4) is 5.75 Å². The molecule has 1 aliphatic heterocycles. The minimum atomic E-state index is 0.478. The number of ether oxygens (including phenoxy) is 1. The largest absolute Gasteiger partial charge is 0.494 e. The van der Waals surface area contributed by atoms with Gasteiger partial charge in [-0.05, 0) is 49.8 Å². The Morgan fingerprint density at radius 2 is 2.05 bits per heavy atom. The van der Waals surface area contributed by atoms with E-state index < -0.39 is 0 Å². The predicted molar refractivity (Wildman–Crippen MR) is 84.1 cm³/mol. The van der Waals surface area contributed by atoms with Crippen LogP contribution in [0.5, 0.6) is 5.75 Å². The van der Waals surface area contributed by atoms with Crippen molar-refractivity contribution in [2.24, 2.45) is 0 Å². The molecule has 3 heteroatoms. The fourth-order valence-corrected chi connectivity index (χ4v) is 4.10. The molecule has 0 amide bonds. The minimum Gasteiger partial charge on any atom is -0.494 e. The van der Waals surface area contributed by atoms with Crippen LogP contribution < -0.4 is 10.1 Å². The van der Waals surface area contributed by atoms with E-state index in [2.05, 4.69) is 48.3 Å². The van der Waals surface area contributed by atoms with E-state index in [4.69, 9.17) is 4.74 Å². The van der Waals surface area contributed by atoms with E-state index in [-0.39, 0.29) is 0 Å². The normalized spacial score (nSPS) is 21.1. The Kier molecular flexibility index (Phi) is 6.05. The minimum absolute atomic E-state index is 0.478. The molecule has 19 heavy (non-hydrogen) atoms. The van der Waals surface area contributed by atoms with Gasteiger partial charge in [0, 0.05) is 11.3 Å². The van der Waals surface area contributed by atoms with Gasteiger partial charge in [-0.1, -0.05) is 25.5 Å². The first-order valence-electron chi connectivity index (χ1n) is 7.43. The smallest absolute Gasteiger partial charge is 0.119 e. The molecule has 0 spiro atoms. The third-order valence-corrected chi connectivity index (χ3v) is 5.02. The zero-order valence-corrected chi connectivity index (χ0v) is 12.8. The van der Waals surface area contributed by atoms with Gasteiger partial charge >= 0.3 is 0 Å². The number of nitrogens with one attached hydrogen (secondary N) is 1. The molecule has 2 atom stereocenters. The molecular formula is C16H25NOS. The summed E-state index contributed by atoms with van der Waals surface area (Å²) in [5.41, 5.74) is 1.39. The summed E-state index contributed by atoms with van der Waals surface area (Å²) in [7, 11) is 0. The van der Waals surface area contributed by atoms with E-state index in [1.54, 1.807) is 0 Å². The number of thioether (sulfide) groups is 1. The van der Waals surface area contributed by atoms with Gasteiger partial charge in [-0.2, -0.15) is 11.8 Å². The number of benzene rings is 1. The molecule has 2 nitrogen and oxygen atoms in total. The van der Waals surface area contributed by atoms with Gasteiger partial charge in [0.15, 0.2) is 0 Å². The van der Waals surface area contributed by atoms with E-state index in [0.29, 0.717) is 11.3 Å². The third kappa shape index (κ3) is 4.15. The summed E-state index contributed by atoms with van der Waals surface area (Å²) >= 11 is 2.13. The predicted octanol–water partition coefficient (Wildman–Crippen LogP) is 4.02. The molecule has 0 bridgehead atoms. The highest BCUT2D eigenvalue weighted by Gasteiger charge is 2.24. The van der Waals surface area contributed by atoms with Gasteiger partial charge in [0.25, 0.3) is 0 Å². The molecule has 1 aromatic carbocycles. The van der Waals surface area contributed by atoms with Crippen LogP contribution in [0.3, 0.4) is 0 Å². The average Bonchev–Trinajstić information content (AvgIpc) is 2.47. The van der Waals surface area contributed by atoms with E-state index in [1.165, 1.54) is 30.6 Å². The molecule has 1 saturated heterocycles. The Bertz CT molecular complexity index is 360. The second-order valence-corrected chi connectivity index (χ2v) is 6.29. The van der Waals surface area contributed by atoms with E-state index in [0.717, 1.165) is 18.9 Å². The SMILES string of the molecule is CCNC(c1ccc(OCC)cc1)C1CCCCS1. The van der Waals surface area contributed by atoms with Crippen molar-refractivity contribution in [2.75, 3.05) is 18.9 Å². The van der Waals surface area contributed by atoms with Crippen molar-refractivity contribution in [1.29, 1.82) is 0 Å². The van der Waals surface area contributed by atoms with E-state index >= 15 is 0 Å². The molecule has 0 radical (unpaired) electrons. The van der Waals surface area contributed by atoms with Gasteiger partial charge in [-0.15, -0.1) is 0 Å². The highest BCUT2D eigenvalue weighted by atomic mass is 32.2. The van der Waals surface area contributed by atoms with Gasteiger partial charge in [0.1, 0.15) is 5.75 Å². The van der Waals surface area contributed by atoms with Crippen LogP contribution in [-0.2, 0) is 0 Å². The van der Waals surface area contributed by atoms with Crippen LogP contribution in [0.25, 0.3) is 0 Å². The van der Waals surface area contributed by atoms with Gasteiger partial charge < -0.3 is 10.1 Å². The second-order valence-electron chi connectivity index (χ2n) is 4.94. The summed E-state index contributed by atoms with van der Waals surface area (Å²) < 4.78 is 5.52. The van der Waals surface area contributed by atoms with Gasteiger partial charge in [-0.25, -0.2) is 0 Å². The van der Waals surface area contributed by atoms with Crippen LogP contribution in [0.1, 0.15) is 44.7 Å². The average molecular weight is 279 g/mol. The standard InChI is InChI=1S/C16H25NOS/c1-3-17-16(15-7-5-6-12-19-15)13-8-10-14(11-9-13)18-4-2/h8-11,15-17H,3-7,12H2,1-2H3. The molecule has 1 N–H and O–H groups in total. The van der Waals surface area contributed by atoms with E-state index in [9.17, 15) is 0 Å². The molecule has 2 rings (SSSR count). The summed E-state index contributed by atoms with van der Waals surface area (Å²) in [6.07, 6.45) is 4.08. The second kappa shape index (κ2) is 7.81. The summed E-state index contributed by atoms with van der Waals surface area (Å²) in [4.78, 5) is 0. The third-order valence-electron chi connectivity index (χ3n) is 3.56. The fraction of sp³-hybridized carbons (Fsp3) is 0.625. The molecule has 1 aromatic rings. The number of hydrogen-bond donors (Lipinski definition) is 1. The summed E-state index contributed by atoms with van der Waals surface area (Å²) in [5, 5.41) is 4.37. The van der Waals surface area contributed by atoms with Crippen molar-refractivity contribution in [3.05, 3.63) is 29.8 Å². The molecule has 0 saturated carbocycles. The summed E-state index contributed by atoms with van der Waals surface area (Å²) in [6, 6.07) is 9.10. The lowest BCUT2D eigenvalue weighted by atomic mass is 9.99. The lowest BCUT2D eigenvalue weighted by Crippen LogP contribution is -2.31. The van der Waals surface area contributed by atoms with Crippen LogP contribution in [0, 0.1) is 0 Å². The fourth-order valence-electron chi connectivity index (χ4n) is 2.65. The Labute approximate surface area is 121 Å². The zero-order valence-electron chi connectivity index (χ0n) is 12.0. The van der Waals surface area contributed by atoms with Gasteiger partial charge in [-0.3, -0.25) is 0 Å². The highest BCUT2D eigenvalue weighted by molar-refractivity contribution is 8.00. The summed E-state index contributed by atoms with van der Waals surface area (Å²) in [5.74, 6) is 2.28. The van der Waals surface area contributed by atoms with Crippen molar-refractivity contribution >= 4 is 11.8 Å². The quantitative estimate of drug-likeness (QED) is 0.849. The maximum absolute atomic E-state index is 5.52. The number of hydrogen-bond acceptors (Lipinski definition) is 3. The molecular weight excluding hydrogens is 254 g/mol. The molecule has 0 aromatic heterocycles. The van der Waals surface area contributed by atoms with E-state index in [1.807, 2.05) is 6.92 Å². The lowest BCUT2D eigenvalue weighted by Gasteiger charge is -2.30. The van der Waals surface area contributed by atoms with Crippen molar-refractivity contribution in [2.45, 2.75) is 44.4 Å². The van der Waals surface area contributed by atoms with Crippen molar-refractivity contribution < 1.29 is 4.74 Å². The first kappa shape index (κ1) is 14.7. The molecule has 1 fully saturated rings. The molecule has 0 aliphatic carbocycles. The van der Waals surface area contributed by atoms with Gasteiger partial charge in [0.2, 0.25) is 0 Å². The molecule has 1 aliphatic rings. The Morgan fingerprint density at radius 1 is 1.26 bits per heavy atom. The first-order chi connectivity index (χ1) is 9.35. The molecule has 106 valence electrons. The molecule has 2 unspecified atom stereocenters. The van der Waals surface area contributed by atoms with Crippen LogP contribution >= 0.6 is 11.8 Å². The zero-order chi connectivity index (χ0) is 13.5. The van der Waals surface area contributed by atoms with Gasteiger partial charge in [0.05, 0.1) is 6.61 Å². The maximum atomic E-state index is 5.52. The monoisotopic (exact) mass is 279 g/mol. The number of rotatable bonds is 6. The maximum Gasteiger partial charge on any atom is 0.119 e. The molecule has 1 heterocycles. The first-order valence-corrected chi connectivity index (χ1v) is 8.47.